The third kappa shape index (κ3) is 4.33. The average Bonchev–Trinajstić information content (AvgIpc) is 2.93. The number of likely N-dealkylation sites (N-methyl/N-ethyl adjacent to an activating group) is 1. The standard InChI is InChI=1S/C31H29F3N2O8/c1-12-16-11-8-14(7-4-13-5-9-15(10-6-13)31(32,33)34)23(37)18(16)24(38)19-17(12)25(39)21-22(36(2)3)26(40)20(29(35)43)28(42)30(21,44)27(19)41/h4-12,17,21-22,25,37-39,42,44H,1-3H3,(H2,35,43)/b7-4+/t12-,17+,21+,22-,25?,30-/m1/s1. The Kier molecular flexibility index (Phi) is 7.27. The number of nitrogens with zero attached hydrogens (tertiary/aromatic N) is 1. The number of amides is 1. The zero-order valence-corrected chi connectivity index (χ0v) is 23.6. The largest absolute Gasteiger partial charge is 0.508 e. The number of aliphatic hydroxyl groups is 4. The van der Waals surface area contributed by atoms with Crippen molar-refractivity contribution in [2.24, 2.45) is 17.6 Å². The monoisotopic (exact) mass is 614 g/mol. The van der Waals surface area contributed by atoms with E-state index < -0.39 is 93.1 Å². The first-order chi connectivity index (χ1) is 20.4. The molecule has 2 aromatic rings. The SMILES string of the molecule is C[C@@H]1c2ccc(/C=C/c3ccc(C(F)(F)F)cc3)c(O)c2C(O)=C2C(=O)[C@@]3(O)C(O)=C(C(N)=O)C(=O)[C@H](N(C)C)[C@H]3C(O)[C@H]21. The van der Waals surface area contributed by atoms with Gasteiger partial charge in [0.25, 0.3) is 5.91 Å². The van der Waals surface area contributed by atoms with Crippen molar-refractivity contribution in [1.29, 1.82) is 0 Å². The van der Waals surface area contributed by atoms with Crippen LogP contribution in [0.25, 0.3) is 17.9 Å². The minimum absolute atomic E-state index is 0.122. The second-order valence-electron chi connectivity index (χ2n) is 11.5. The summed E-state index contributed by atoms with van der Waals surface area (Å²) in [7, 11) is 2.84. The van der Waals surface area contributed by atoms with Crippen LogP contribution in [0, 0.1) is 11.8 Å². The second kappa shape index (κ2) is 10.3. The number of carbonyl (C=O) groups excluding carboxylic acids is 3. The number of aromatic hydroxyl groups is 1. The number of ketones is 2. The first kappa shape index (κ1) is 31.0. The Morgan fingerprint density at radius 1 is 1.02 bits per heavy atom. The molecule has 13 heteroatoms. The number of alkyl halides is 3. The number of phenols is 1. The number of phenolic OH excluding ortho intramolecular Hbond substituents is 1. The molecule has 7 N–H and O–H groups in total. The van der Waals surface area contributed by atoms with Gasteiger partial charge >= 0.3 is 6.18 Å². The summed E-state index contributed by atoms with van der Waals surface area (Å²) in [6, 6.07) is 5.82. The Morgan fingerprint density at radius 2 is 1.64 bits per heavy atom. The molecule has 10 nitrogen and oxygen atoms in total. The van der Waals surface area contributed by atoms with Gasteiger partial charge in [-0.05, 0) is 43.3 Å². The first-order valence-electron chi connectivity index (χ1n) is 13.5. The molecule has 0 radical (unpaired) electrons. The fourth-order valence-electron chi connectivity index (χ4n) is 6.74. The van der Waals surface area contributed by atoms with Gasteiger partial charge < -0.3 is 31.3 Å². The average molecular weight is 615 g/mol. The van der Waals surface area contributed by atoms with Crippen molar-refractivity contribution in [3.05, 3.63) is 81.1 Å². The van der Waals surface area contributed by atoms with Gasteiger partial charge in [-0.25, -0.2) is 0 Å². The number of benzene rings is 2. The van der Waals surface area contributed by atoms with Crippen LogP contribution in [0.4, 0.5) is 13.2 Å². The highest BCUT2D eigenvalue weighted by atomic mass is 19.4. The van der Waals surface area contributed by atoms with Gasteiger partial charge in [-0.15, -0.1) is 0 Å². The summed E-state index contributed by atoms with van der Waals surface area (Å²) in [5.74, 6) is -9.96. The molecule has 232 valence electrons. The van der Waals surface area contributed by atoms with Gasteiger partial charge in [0.05, 0.1) is 29.2 Å². The van der Waals surface area contributed by atoms with Crippen LogP contribution in [-0.4, -0.2) is 79.7 Å². The lowest BCUT2D eigenvalue weighted by Crippen LogP contribution is -2.70. The summed E-state index contributed by atoms with van der Waals surface area (Å²) in [6.45, 7) is 1.60. The number of fused-ring (bicyclic) bond motifs is 3. The molecule has 1 unspecified atom stereocenters. The van der Waals surface area contributed by atoms with E-state index in [1.165, 1.54) is 55.4 Å². The van der Waals surface area contributed by atoms with Gasteiger partial charge in [-0.2, -0.15) is 13.2 Å². The minimum atomic E-state index is -4.51. The van der Waals surface area contributed by atoms with E-state index in [2.05, 4.69) is 0 Å². The van der Waals surface area contributed by atoms with Crippen LogP contribution in [0.3, 0.4) is 0 Å². The van der Waals surface area contributed by atoms with Crippen molar-refractivity contribution >= 4 is 35.4 Å². The molecule has 5 rings (SSSR count). The third-order valence-corrected chi connectivity index (χ3v) is 8.85. The highest BCUT2D eigenvalue weighted by molar-refractivity contribution is 6.24. The molecule has 0 aromatic heterocycles. The lowest BCUT2D eigenvalue weighted by Gasteiger charge is -2.53. The van der Waals surface area contributed by atoms with Gasteiger partial charge in [0.15, 0.2) is 11.4 Å². The topological polar surface area (TPSA) is 182 Å². The molecule has 0 aliphatic heterocycles. The molecule has 0 bridgehead atoms. The fourth-order valence-corrected chi connectivity index (χ4v) is 6.74. The van der Waals surface area contributed by atoms with Crippen LogP contribution in [0.1, 0.15) is 40.7 Å². The Morgan fingerprint density at radius 3 is 2.18 bits per heavy atom. The lowest BCUT2D eigenvalue weighted by atomic mass is 9.54. The zero-order chi connectivity index (χ0) is 32.6. The number of hydrogen-bond acceptors (Lipinski definition) is 9. The molecule has 1 amide bonds. The van der Waals surface area contributed by atoms with Crippen LogP contribution in [-0.2, 0) is 20.6 Å². The zero-order valence-electron chi connectivity index (χ0n) is 23.6. The maximum absolute atomic E-state index is 14.1. The summed E-state index contributed by atoms with van der Waals surface area (Å²) in [5.41, 5.74) is 0.530. The van der Waals surface area contributed by atoms with Crippen molar-refractivity contribution in [2.45, 2.75) is 36.8 Å². The predicted octanol–water partition coefficient (Wildman–Crippen LogP) is 2.69. The van der Waals surface area contributed by atoms with E-state index in [9.17, 15) is 53.1 Å². The normalized spacial score (nSPS) is 28.8. The predicted molar refractivity (Wildman–Crippen MR) is 151 cm³/mol. The third-order valence-electron chi connectivity index (χ3n) is 8.85. The number of nitrogens with two attached hydrogens (primary N) is 1. The number of aliphatic hydroxyl groups excluding tert-OH is 3. The maximum atomic E-state index is 14.1. The molecule has 2 aromatic carbocycles. The summed E-state index contributed by atoms with van der Waals surface area (Å²) in [6.07, 6.45) is -3.41. The Hall–Kier alpha value is -4.46. The molecule has 1 fully saturated rings. The van der Waals surface area contributed by atoms with E-state index in [0.29, 0.717) is 11.1 Å². The summed E-state index contributed by atoms with van der Waals surface area (Å²) < 4.78 is 38.7. The molecule has 44 heavy (non-hydrogen) atoms. The van der Waals surface area contributed by atoms with Gasteiger partial charge in [-0.3, -0.25) is 19.3 Å². The highest BCUT2D eigenvalue weighted by Gasteiger charge is 2.68. The number of carbonyl (C=O) groups is 3. The number of halogens is 3. The Labute approximate surface area is 248 Å². The van der Waals surface area contributed by atoms with E-state index >= 15 is 0 Å². The van der Waals surface area contributed by atoms with Crippen molar-refractivity contribution in [3.63, 3.8) is 0 Å². The van der Waals surface area contributed by atoms with Gasteiger partial charge in [0.2, 0.25) is 5.78 Å². The highest BCUT2D eigenvalue weighted by Crippen LogP contribution is 2.56. The minimum Gasteiger partial charge on any atom is -0.508 e. The van der Waals surface area contributed by atoms with Crippen LogP contribution in [0.15, 0.2) is 53.3 Å². The quantitative estimate of drug-likeness (QED) is 0.223. The Balaban J connectivity index is 1.64. The van der Waals surface area contributed by atoms with E-state index in [1.54, 1.807) is 6.92 Å². The van der Waals surface area contributed by atoms with E-state index in [-0.39, 0.29) is 11.1 Å². The maximum Gasteiger partial charge on any atom is 0.416 e. The lowest BCUT2D eigenvalue weighted by molar-refractivity contribution is -0.169. The molecule has 3 aliphatic carbocycles. The smallest absolute Gasteiger partial charge is 0.416 e. The Bertz CT molecular complexity index is 1690. The van der Waals surface area contributed by atoms with Crippen LogP contribution in [0.2, 0.25) is 0 Å². The van der Waals surface area contributed by atoms with Crippen molar-refractivity contribution in [3.8, 4) is 5.75 Å². The first-order valence-corrected chi connectivity index (χ1v) is 13.5. The van der Waals surface area contributed by atoms with E-state index in [1.807, 2.05) is 0 Å². The molecule has 0 heterocycles. The molecular formula is C31H29F3N2O8. The number of rotatable bonds is 4. The summed E-state index contributed by atoms with van der Waals surface area (Å²) >= 11 is 0. The number of Topliss-reactive ketones (excluding diaryl/α,β-unsaturated/α-hetero) is 2. The van der Waals surface area contributed by atoms with Gasteiger partial charge in [-0.1, -0.05) is 43.3 Å². The van der Waals surface area contributed by atoms with Crippen LogP contribution < -0.4 is 5.73 Å². The van der Waals surface area contributed by atoms with E-state index in [4.69, 9.17) is 5.73 Å². The fraction of sp³-hybridized carbons (Fsp3) is 0.323. The van der Waals surface area contributed by atoms with Gasteiger partial charge in [0.1, 0.15) is 22.8 Å². The van der Waals surface area contributed by atoms with Crippen molar-refractivity contribution < 1.29 is 53.1 Å². The van der Waals surface area contributed by atoms with Crippen molar-refractivity contribution in [2.75, 3.05) is 14.1 Å². The number of primary amides is 1. The van der Waals surface area contributed by atoms with Crippen LogP contribution in [0.5, 0.6) is 5.75 Å². The molecule has 0 saturated heterocycles. The van der Waals surface area contributed by atoms with E-state index in [0.717, 1.165) is 12.1 Å². The molecule has 1 saturated carbocycles. The number of hydrogen-bond donors (Lipinski definition) is 6. The molecular weight excluding hydrogens is 585 g/mol. The van der Waals surface area contributed by atoms with Crippen LogP contribution >= 0.6 is 0 Å². The van der Waals surface area contributed by atoms with Crippen molar-refractivity contribution in [1.82, 2.24) is 4.90 Å². The summed E-state index contributed by atoms with van der Waals surface area (Å²) in [4.78, 5) is 40.7. The van der Waals surface area contributed by atoms with Gasteiger partial charge in [0, 0.05) is 17.1 Å². The molecule has 0 spiro atoms. The molecule has 6 atom stereocenters. The molecule has 3 aliphatic rings. The summed E-state index contributed by atoms with van der Waals surface area (Å²) in [5, 5.41) is 57.0. The second-order valence-corrected chi connectivity index (χ2v) is 11.5.